The van der Waals surface area contributed by atoms with Gasteiger partial charge in [-0.1, -0.05) is 0 Å². The molecule has 20 heavy (non-hydrogen) atoms. The van der Waals surface area contributed by atoms with Crippen LogP contribution in [0.15, 0.2) is 36.4 Å². The fourth-order valence-corrected chi connectivity index (χ4v) is 2.00. The fourth-order valence-electron chi connectivity index (χ4n) is 2.00. The molecular formula is C16H15FN2O. The third-order valence-corrected chi connectivity index (χ3v) is 3.07. The number of hydrogen-bond acceptors (Lipinski definition) is 3. The number of anilines is 1. The van der Waals surface area contributed by atoms with E-state index >= 15 is 0 Å². The van der Waals surface area contributed by atoms with E-state index in [1.165, 1.54) is 18.2 Å². The van der Waals surface area contributed by atoms with Crippen LogP contribution in [-0.4, -0.2) is 7.11 Å². The lowest BCUT2D eigenvalue weighted by atomic mass is 10.1. The van der Waals surface area contributed by atoms with E-state index in [0.717, 1.165) is 17.0 Å². The van der Waals surface area contributed by atoms with Crippen LogP contribution in [0.25, 0.3) is 0 Å². The van der Waals surface area contributed by atoms with Crippen molar-refractivity contribution in [3.8, 4) is 11.8 Å². The highest BCUT2D eigenvalue weighted by atomic mass is 19.1. The second kappa shape index (κ2) is 6.07. The first-order chi connectivity index (χ1) is 9.63. The van der Waals surface area contributed by atoms with Crippen molar-refractivity contribution in [2.45, 2.75) is 13.5 Å². The number of nitrogens with one attached hydrogen (secondary N) is 1. The topological polar surface area (TPSA) is 45.0 Å². The van der Waals surface area contributed by atoms with Crippen LogP contribution in [0.4, 0.5) is 10.1 Å². The zero-order valence-corrected chi connectivity index (χ0v) is 11.4. The van der Waals surface area contributed by atoms with Gasteiger partial charge in [-0.15, -0.1) is 0 Å². The van der Waals surface area contributed by atoms with Crippen molar-refractivity contribution in [1.82, 2.24) is 0 Å². The first kappa shape index (κ1) is 13.9. The van der Waals surface area contributed by atoms with Crippen molar-refractivity contribution < 1.29 is 9.13 Å². The second-order valence-electron chi connectivity index (χ2n) is 4.45. The highest BCUT2D eigenvalue weighted by molar-refractivity contribution is 5.51. The van der Waals surface area contributed by atoms with Crippen LogP contribution in [0.5, 0.6) is 5.75 Å². The van der Waals surface area contributed by atoms with Crippen molar-refractivity contribution in [3.05, 3.63) is 58.9 Å². The van der Waals surface area contributed by atoms with E-state index in [2.05, 4.69) is 11.4 Å². The molecule has 0 aliphatic rings. The molecule has 2 aromatic carbocycles. The van der Waals surface area contributed by atoms with E-state index < -0.39 is 0 Å². The molecule has 0 amide bonds. The van der Waals surface area contributed by atoms with Gasteiger partial charge in [-0.2, -0.15) is 5.26 Å². The Morgan fingerprint density at radius 1 is 1.25 bits per heavy atom. The van der Waals surface area contributed by atoms with Gasteiger partial charge in [0.15, 0.2) is 0 Å². The van der Waals surface area contributed by atoms with Gasteiger partial charge in [0, 0.05) is 12.2 Å². The Bertz CT molecular complexity index is 662. The van der Waals surface area contributed by atoms with E-state index in [1.807, 2.05) is 25.1 Å². The van der Waals surface area contributed by atoms with Crippen LogP contribution in [0.2, 0.25) is 0 Å². The summed E-state index contributed by atoms with van der Waals surface area (Å²) >= 11 is 0. The lowest BCUT2D eigenvalue weighted by Crippen LogP contribution is -2.02. The zero-order valence-electron chi connectivity index (χ0n) is 11.4. The number of nitriles is 1. The van der Waals surface area contributed by atoms with Crippen LogP contribution in [0, 0.1) is 24.1 Å². The summed E-state index contributed by atoms with van der Waals surface area (Å²) in [6, 6.07) is 11.9. The summed E-state index contributed by atoms with van der Waals surface area (Å²) in [4.78, 5) is 0. The highest BCUT2D eigenvalue weighted by Crippen LogP contribution is 2.22. The first-order valence-corrected chi connectivity index (χ1v) is 6.21. The molecule has 0 aliphatic carbocycles. The van der Waals surface area contributed by atoms with Crippen molar-refractivity contribution >= 4 is 5.69 Å². The predicted octanol–water partition coefficient (Wildman–Crippen LogP) is 3.63. The zero-order chi connectivity index (χ0) is 14.5. The van der Waals surface area contributed by atoms with Crippen molar-refractivity contribution in [1.29, 1.82) is 5.26 Å². The molecule has 0 atom stereocenters. The molecule has 102 valence electrons. The molecule has 4 heteroatoms. The Labute approximate surface area is 117 Å². The van der Waals surface area contributed by atoms with Crippen LogP contribution >= 0.6 is 0 Å². The summed E-state index contributed by atoms with van der Waals surface area (Å²) in [5.74, 6) is 0.478. The standard InChI is InChI=1S/C16H15FN2O/c1-11-7-15(5-6-16(11)20-2)19-10-13-8-14(17)4-3-12(13)9-18/h3-8,19H,10H2,1-2H3. The first-order valence-electron chi connectivity index (χ1n) is 6.21. The van der Waals surface area contributed by atoms with Gasteiger partial charge in [0.2, 0.25) is 0 Å². The molecular weight excluding hydrogens is 255 g/mol. The molecule has 0 unspecified atom stereocenters. The van der Waals surface area contributed by atoms with Crippen LogP contribution < -0.4 is 10.1 Å². The van der Waals surface area contributed by atoms with E-state index in [9.17, 15) is 4.39 Å². The maximum Gasteiger partial charge on any atom is 0.123 e. The number of nitrogens with zero attached hydrogens (tertiary/aromatic N) is 1. The smallest absolute Gasteiger partial charge is 0.123 e. The van der Waals surface area contributed by atoms with Crippen molar-refractivity contribution in [3.63, 3.8) is 0 Å². The summed E-state index contributed by atoms with van der Waals surface area (Å²) in [7, 11) is 1.63. The largest absolute Gasteiger partial charge is 0.496 e. The Morgan fingerprint density at radius 2 is 2.05 bits per heavy atom. The SMILES string of the molecule is COc1ccc(NCc2cc(F)ccc2C#N)cc1C. The summed E-state index contributed by atoms with van der Waals surface area (Å²) < 4.78 is 18.4. The number of halogens is 1. The lowest BCUT2D eigenvalue weighted by Gasteiger charge is -2.11. The summed E-state index contributed by atoms with van der Waals surface area (Å²) in [6.07, 6.45) is 0. The van der Waals surface area contributed by atoms with Gasteiger partial charge in [0.05, 0.1) is 18.7 Å². The molecule has 0 fully saturated rings. The van der Waals surface area contributed by atoms with E-state index in [0.29, 0.717) is 17.7 Å². The molecule has 0 bridgehead atoms. The number of aryl methyl sites for hydroxylation is 1. The second-order valence-corrected chi connectivity index (χ2v) is 4.45. The molecule has 0 aliphatic heterocycles. The molecule has 0 saturated heterocycles. The third-order valence-electron chi connectivity index (χ3n) is 3.07. The monoisotopic (exact) mass is 270 g/mol. The molecule has 0 radical (unpaired) electrons. The highest BCUT2D eigenvalue weighted by Gasteiger charge is 2.05. The number of methoxy groups -OCH3 is 1. The van der Waals surface area contributed by atoms with Crippen molar-refractivity contribution in [2.75, 3.05) is 12.4 Å². The molecule has 3 nitrogen and oxygen atoms in total. The van der Waals surface area contributed by atoms with E-state index in [1.54, 1.807) is 7.11 Å². The molecule has 2 aromatic rings. The molecule has 2 rings (SSSR count). The Hall–Kier alpha value is -2.54. The molecule has 0 heterocycles. The Balaban J connectivity index is 2.15. The van der Waals surface area contributed by atoms with Crippen LogP contribution in [-0.2, 0) is 6.54 Å². The number of hydrogen-bond donors (Lipinski definition) is 1. The Morgan fingerprint density at radius 3 is 2.70 bits per heavy atom. The number of rotatable bonds is 4. The van der Waals surface area contributed by atoms with Gasteiger partial charge in [-0.3, -0.25) is 0 Å². The predicted molar refractivity (Wildman–Crippen MR) is 76.2 cm³/mol. The van der Waals surface area contributed by atoms with Crippen molar-refractivity contribution in [2.24, 2.45) is 0 Å². The van der Waals surface area contributed by atoms with Gasteiger partial charge in [-0.05, 0) is 54.4 Å². The fraction of sp³-hybridized carbons (Fsp3) is 0.188. The van der Waals surface area contributed by atoms with Gasteiger partial charge in [0.25, 0.3) is 0 Å². The maximum atomic E-state index is 13.2. The normalized spacial score (nSPS) is 9.90. The minimum atomic E-state index is -0.341. The van der Waals surface area contributed by atoms with E-state index in [-0.39, 0.29) is 5.82 Å². The summed E-state index contributed by atoms with van der Waals surface area (Å²) in [6.45, 7) is 2.35. The van der Waals surface area contributed by atoms with Gasteiger partial charge < -0.3 is 10.1 Å². The lowest BCUT2D eigenvalue weighted by molar-refractivity contribution is 0.412. The van der Waals surface area contributed by atoms with Gasteiger partial charge in [0.1, 0.15) is 11.6 Å². The van der Waals surface area contributed by atoms with Crippen LogP contribution in [0.3, 0.4) is 0 Å². The summed E-state index contributed by atoms with van der Waals surface area (Å²) in [5, 5.41) is 12.2. The molecule has 0 aromatic heterocycles. The molecule has 0 spiro atoms. The maximum absolute atomic E-state index is 13.2. The van der Waals surface area contributed by atoms with Gasteiger partial charge in [-0.25, -0.2) is 4.39 Å². The summed E-state index contributed by atoms with van der Waals surface area (Å²) in [5.41, 5.74) is 3.03. The number of benzene rings is 2. The Kier molecular flexibility index (Phi) is 4.21. The van der Waals surface area contributed by atoms with E-state index in [4.69, 9.17) is 10.00 Å². The average molecular weight is 270 g/mol. The van der Waals surface area contributed by atoms with Gasteiger partial charge >= 0.3 is 0 Å². The average Bonchev–Trinajstić information content (AvgIpc) is 2.45. The van der Waals surface area contributed by atoms with Crippen LogP contribution in [0.1, 0.15) is 16.7 Å². The molecule has 1 N–H and O–H groups in total. The minimum Gasteiger partial charge on any atom is -0.496 e. The molecule has 0 saturated carbocycles. The minimum absolute atomic E-state index is 0.341. The quantitative estimate of drug-likeness (QED) is 0.922. The third kappa shape index (κ3) is 3.07. The number of ether oxygens (including phenoxy) is 1.